The number of aliphatic hydroxyl groups is 1. The molecule has 3 saturated carbocycles. The Morgan fingerprint density at radius 3 is 2.48 bits per heavy atom. The lowest BCUT2D eigenvalue weighted by Gasteiger charge is -2.58. The van der Waals surface area contributed by atoms with Crippen molar-refractivity contribution >= 4 is 0 Å². The molecular weight excluding hydrogens is 376 g/mol. The number of fused-ring (bicyclic) bond motifs is 5. The van der Waals surface area contributed by atoms with Gasteiger partial charge in [0.15, 0.2) is 0 Å². The molecule has 0 heterocycles. The molecule has 1 N–H and O–H groups in total. The molecule has 31 heavy (non-hydrogen) atoms. The first kappa shape index (κ1) is 23.3. The summed E-state index contributed by atoms with van der Waals surface area (Å²) in [7, 11) is 0. The molecule has 0 aromatic carbocycles. The molecule has 1 nitrogen and oxygen atoms in total. The number of hydrogen-bond acceptors (Lipinski definition) is 1. The molecule has 0 aliphatic heterocycles. The molecule has 3 fully saturated rings. The smallest absolute Gasteiger partial charge is 0.0577 e. The average Bonchev–Trinajstić information content (AvgIpc) is 3.05. The van der Waals surface area contributed by atoms with Crippen LogP contribution in [0.4, 0.5) is 0 Å². The fraction of sp³-hybridized carbons (Fsp3) is 0.800. The third-order valence-corrected chi connectivity index (χ3v) is 10.7. The molecule has 9 atom stereocenters. The summed E-state index contributed by atoms with van der Waals surface area (Å²) in [5.41, 5.74) is 3.75. The standard InChI is InChI=1S/C30H48O/c1-19(2)24(20(3)4)10-8-21(5)26-12-13-27-25-11-9-22-18-23(31)14-16-29(22,6)28(25)15-17-30(26,27)7/h8-10,20-21,23-28,31H,1,11-18H2,2-7H3/b10-8+/t21-,23+,24-,25?,26?,27?,28?,29+,30-/m1/s1. The quantitative estimate of drug-likeness (QED) is 0.444. The third kappa shape index (κ3) is 3.92. The minimum atomic E-state index is -0.0953. The highest BCUT2D eigenvalue weighted by Gasteiger charge is 2.58. The van der Waals surface area contributed by atoms with Gasteiger partial charge >= 0.3 is 0 Å². The van der Waals surface area contributed by atoms with Crippen molar-refractivity contribution in [3.63, 3.8) is 0 Å². The Morgan fingerprint density at radius 2 is 1.81 bits per heavy atom. The summed E-state index contributed by atoms with van der Waals surface area (Å²) in [4.78, 5) is 0. The van der Waals surface area contributed by atoms with Crippen LogP contribution in [0, 0.1) is 52.3 Å². The first-order chi connectivity index (χ1) is 14.6. The monoisotopic (exact) mass is 424 g/mol. The van der Waals surface area contributed by atoms with Crippen molar-refractivity contribution in [2.24, 2.45) is 52.3 Å². The summed E-state index contributed by atoms with van der Waals surface area (Å²) in [6.45, 7) is 18.8. The number of allylic oxidation sites excluding steroid dienone is 4. The Kier molecular flexibility index (Phi) is 6.41. The lowest BCUT2D eigenvalue weighted by Crippen LogP contribution is -2.50. The van der Waals surface area contributed by atoms with Gasteiger partial charge in [0.1, 0.15) is 0 Å². The molecule has 174 valence electrons. The topological polar surface area (TPSA) is 20.2 Å². The molecule has 4 aliphatic carbocycles. The average molecular weight is 425 g/mol. The SMILES string of the molecule is C=C(C)[C@@H](/C=C/[C@@H](C)C1CCC2C3CC=C4C[C@@H](O)CC[C@]4(C)C3CC[C@@]21C)C(C)C. The van der Waals surface area contributed by atoms with Crippen LogP contribution in [0.15, 0.2) is 36.0 Å². The highest BCUT2D eigenvalue weighted by atomic mass is 16.3. The van der Waals surface area contributed by atoms with Crippen LogP contribution in [0.25, 0.3) is 0 Å². The fourth-order valence-corrected chi connectivity index (χ4v) is 8.93. The molecule has 0 aromatic rings. The molecule has 4 aliphatic rings. The van der Waals surface area contributed by atoms with Crippen LogP contribution in [0.1, 0.15) is 92.9 Å². The zero-order valence-corrected chi connectivity index (χ0v) is 21.2. The molecule has 0 aromatic heterocycles. The summed E-state index contributed by atoms with van der Waals surface area (Å²) in [5, 5.41) is 10.3. The van der Waals surface area contributed by atoms with E-state index in [0.29, 0.717) is 28.6 Å². The van der Waals surface area contributed by atoms with Crippen LogP contribution in [-0.2, 0) is 0 Å². The van der Waals surface area contributed by atoms with Gasteiger partial charge in [0.25, 0.3) is 0 Å². The van der Waals surface area contributed by atoms with Crippen molar-refractivity contribution in [1.29, 1.82) is 0 Å². The third-order valence-electron chi connectivity index (χ3n) is 10.7. The van der Waals surface area contributed by atoms with E-state index in [2.05, 4.69) is 66.3 Å². The normalized spacial score (nSPS) is 44.4. The maximum Gasteiger partial charge on any atom is 0.0577 e. The predicted molar refractivity (Wildman–Crippen MR) is 133 cm³/mol. The molecule has 0 saturated heterocycles. The minimum Gasteiger partial charge on any atom is -0.393 e. The summed E-state index contributed by atoms with van der Waals surface area (Å²) < 4.78 is 0. The summed E-state index contributed by atoms with van der Waals surface area (Å²) >= 11 is 0. The minimum absolute atomic E-state index is 0.0953. The van der Waals surface area contributed by atoms with Crippen LogP contribution < -0.4 is 0 Å². The van der Waals surface area contributed by atoms with Gasteiger partial charge in [-0.1, -0.05) is 70.6 Å². The van der Waals surface area contributed by atoms with Crippen molar-refractivity contribution in [2.45, 2.75) is 99.0 Å². The molecule has 0 amide bonds. The van der Waals surface area contributed by atoms with E-state index in [4.69, 9.17) is 0 Å². The lowest BCUT2D eigenvalue weighted by atomic mass is 9.47. The Bertz CT molecular complexity index is 744. The Labute approximate surface area is 192 Å². The molecule has 0 spiro atoms. The van der Waals surface area contributed by atoms with E-state index in [1.807, 2.05) is 0 Å². The maximum atomic E-state index is 10.3. The van der Waals surface area contributed by atoms with Crippen LogP contribution >= 0.6 is 0 Å². The molecule has 4 unspecified atom stereocenters. The van der Waals surface area contributed by atoms with Gasteiger partial charge in [-0.3, -0.25) is 0 Å². The maximum absolute atomic E-state index is 10.3. The predicted octanol–water partition coefficient (Wildman–Crippen LogP) is 7.97. The van der Waals surface area contributed by atoms with E-state index >= 15 is 0 Å². The molecule has 0 radical (unpaired) electrons. The molecule has 0 bridgehead atoms. The molecular formula is C30H48O. The van der Waals surface area contributed by atoms with Crippen LogP contribution in [0.5, 0.6) is 0 Å². The summed E-state index contributed by atoms with van der Waals surface area (Å²) in [6.07, 6.45) is 17.5. The van der Waals surface area contributed by atoms with Crippen molar-refractivity contribution in [2.75, 3.05) is 0 Å². The number of aliphatic hydroxyl groups excluding tert-OH is 1. The van der Waals surface area contributed by atoms with E-state index in [1.165, 1.54) is 44.1 Å². The lowest BCUT2D eigenvalue weighted by molar-refractivity contribution is -0.0540. The zero-order chi connectivity index (χ0) is 22.6. The van der Waals surface area contributed by atoms with Gasteiger partial charge in [-0.2, -0.15) is 0 Å². The molecule has 4 rings (SSSR count). The Hall–Kier alpha value is -0.820. The van der Waals surface area contributed by atoms with Gasteiger partial charge in [0.05, 0.1) is 6.10 Å². The van der Waals surface area contributed by atoms with E-state index in [-0.39, 0.29) is 6.10 Å². The Morgan fingerprint density at radius 1 is 1.06 bits per heavy atom. The van der Waals surface area contributed by atoms with Gasteiger partial charge in [0.2, 0.25) is 0 Å². The molecule has 1 heteroatoms. The fourth-order valence-electron chi connectivity index (χ4n) is 8.93. The Balaban J connectivity index is 1.52. The summed E-state index contributed by atoms with van der Waals surface area (Å²) in [6, 6.07) is 0. The van der Waals surface area contributed by atoms with Gasteiger partial charge in [0, 0.05) is 0 Å². The second kappa shape index (κ2) is 8.51. The van der Waals surface area contributed by atoms with Crippen molar-refractivity contribution in [3.8, 4) is 0 Å². The van der Waals surface area contributed by atoms with Crippen LogP contribution in [0.2, 0.25) is 0 Å². The van der Waals surface area contributed by atoms with Gasteiger partial charge < -0.3 is 5.11 Å². The van der Waals surface area contributed by atoms with Gasteiger partial charge in [-0.05, 0) is 111 Å². The van der Waals surface area contributed by atoms with Crippen molar-refractivity contribution in [3.05, 3.63) is 36.0 Å². The van der Waals surface area contributed by atoms with E-state index in [1.54, 1.807) is 5.57 Å². The first-order valence-electron chi connectivity index (χ1n) is 13.3. The van der Waals surface area contributed by atoms with Gasteiger partial charge in [-0.15, -0.1) is 0 Å². The second-order valence-corrected chi connectivity index (χ2v) is 12.7. The van der Waals surface area contributed by atoms with Crippen LogP contribution in [-0.4, -0.2) is 11.2 Å². The zero-order valence-electron chi connectivity index (χ0n) is 21.2. The van der Waals surface area contributed by atoms with Crippen molar-refractivity contribution in [1.82, 2.24) is 0 Å². The van der Waals surface area contributed by atoms with E-state index in [9.17, 15) is 5.11 Å². The first-order valence-corrected chi connectivity index (χ1v) is 13.3. The highest BCUT2D eigenvalue weighted by Crippen LogP contribution is 2.67. The van der Waals surface area contributed by atoms with Crippen LogP contribution in [0.3, 0.4) is 0 Å². The largest absolute Gasteiger partial charge is 0.393 e. The summed E-state index contributed by atoms with van der Waals surface area (Å²) in [5.74, 6) is 5.20. The van der Waals surface area contributed by atoms with Gasteiger partial charge in [-0.25, -0.2) is 0 Å². The number of rotatable bonds is 5. The van der Waals surface area contributed by atoms with Crippen molar-refractivity contribution < 1.29 is 5.11 Å². The number of hydrogen-bond donors (Lipinski definition) is 1. The second-order valence-electron chi connectivity index (χ2n) is 12.7. The van der Waals surface area contributed by atoms with E-state index < -0.39 is 0 Å². The van der Waals surface area contributed by atoms with E-state index in [0.717, 1.165) is 36.5 Å². The highest BCUT2D eigenvalue weighted by molar-refractivity contribution is 5.25.